The molecule has 1 unspecified atom stereocenters. The van der Waals surface area contributed by atoms with Crippen molar-refractivity contribution in [3.05, 3.63) is 53.5 Å². The van der Waals surface area contributed by atoms with Gasteiger partial charge in [-0.2, -0.15) is 0 Å². The Morgan fingerprint density at radius 1 is 1.07 bits per heavy atom. The topological polar surface area (TPSA) is 92.4 Å². The Labute approximate surface area is 178 Å². The highest BCUT2D eigenvalue weighted by molar-refractivity contribution is 7.18. The van der Waals surface area contributed by atoms with Gasteiger partial charge in [0, 0.05) is 37.4 Å². The van der Waals surface area contributed by atoms with Crippen LogP contribution in [0.4, 0.5) is 16.2 Å². The Kier molecular flexibility index (Phi) is 6.56. The Morgan fingerprint density at radius 3 is 2.57 bits per heavy atom. The fourth-order valence-electron chi connectivity index (χ4n) is 3.29. The maximum Gasteiger partial charge on any atom is 0.319 e. The van der Waals surface area contributed by atoms with Crippen molar-refractivity contribution in [1.29, 1.82) is 0 Å². The quantitative estimate of drug-likeness (QED) is 0.531. The van der Waals surface area contributed by atoms with E-state index in [-0.39, 0.29) is 18.0 Å². The van der Waals surface area contributed by atoms with Crippen LogP contribution in [0.15, 0.2) is 48.5 Å². The van der Waals surface area contributed by atoms with Gasteiger partial charge in [-0.15, -0.1) is 11.3 Å². The highest BCUT2D eigenvalue weighted by Gasteiger charge is 2.16. The standard InChI is InChI=1S/C22H24N4O3S/c27-20(11-12-21-26-18-5-1-2-6-19(18)30-21)24-15-7-9-16(10-8-15)25-22(28)23-14-17-4-3-13-29-17/h1-2,5-10,17H,3-4,11-14H2,(H,24,27)(H2,23,25,28). The zero-order chi connectivity index (χ0) is 20.8. The van der Waals surface area contributed by atoms with E-state index >= 15 is 0 Å². The molecule has 1 fully saturated rings. The van der Waals surface area contributed by atoms with Gasteiger partial charge >= 0.3 is 6.03 Å². The fourth-order valence-corrected chi connectivity index (χ4v) is 4.26. The molecule has 1 aromatic heterocycles. The van der Waals surface area contributed by atoms with E-state index in [9.17, 15) is 9.59 Å². The molecular formula is C22H24N4O3S. The number of ether oxygens (including phenoxy) is 1. The van der Waals surface area contributed by atoms with Gasteiger partial charge in [0.15, 0.2) is 0 Å². The van der Waals surface area contributed by atoms with Crippen LogP contribution >= 0.6 is 11.3 Å². The van der Waals surface area contributed by atoms with Gasteiger partial charge in [-0.05, 0) is 49.2 Å². The number of anilines is 2. The number of nitrogens with one attached hydrogen (secondary N) is 3. The minimum Gasteiger partial charge on any atom is -0.376 e. The number of nitrogens with zero attached hydrogens (tertiary/aromatic N) is 1. The molecule has 30 heavy (non-hydrogen) atoms. The van der Waals surface area contributed by atoms with E-state index in [0.29, 0.717) is 30.8 Å². The summed E-state index contributed by atoms with van der Waals surface area (Å²) in [7, 11) is 0. The van der Waals surface area contributed by atoms with Crippen molar-refractivity contribution in [2.24, 2.45) is 0 Å². The number of para-hydroxylation sites is 1. The van der Waals surface area contributed by atoms with Crippen LogP contribution in [0.1, 0.15) is 24.3 Å². The summed E-state index contributed by atoms with van der Waals surface area (Å²) in [6, 6.07) is 14.8. The number of urea groups is 1. The molecule has 156 valence electrons. The van der Waals surface area contributed by atoms with E-state index in [1.54, 1.807) is 35.6 Å². The Hall–Kier alpha value is -2.97. The summed E-state index contributed by atoms with van der Waals surface area (Å²) in [6.07, 6.45) is 3.10. The van der Waals surface area contributed by atoms with E-state index in [1.165, 1.54) is 0 Å². The minimum absolute atomic E-state index is 0.0655. The summed E-state index contributed by atoms with van der Waals surface area (Å²) in [4.78, 5) is 28.8. The van der Waals surface area contributed by atoms with Crippen LogP contribution in [0.25, 0.3) is 10.2 Å². The van der Waals surface area contributed by atoms with Gasteiger partial charge in [-0.3, -0.25) is 4.79 Å². The molecule has 7 nitrogen and oxygen atoms in total. The number of hydrogen-bond acceptors (Lipinski definition) is 5. The molecule has 3 N–H and O–H groups in total. The van der Waals surface area contributed by atoms with Crippen LogP contribution < -0.4 is 16.0 Å². The molecule has 1 atom stereocenters. The van der Waals surface area contributed by atoms with E-state index < -0.39 is 0 Å². The van der Waals surface area contributed by atoms with E-state index in [4.69, 9.17) is 4.74 Å². The van der Waals surface area contributed by atoms with Crippen molar-refractivity contribution in [3.8, 4) is 0 Å². The van der Waals surface area contributed by atoms with E-state index in [2.05, 4.69) is 20.9 Å². The summed E-state index contributed by atoms with van der Waals surface area (Å²) in [6.45, 7) is 1.27. The molecule has 1 aliphatic rings. The number of amides is 3. The zero-order valence-electron chi connectivity index (χ0n) is 16.5. The molecule has 2 aromatic carbocycles. The largest absolute Gasteiger partial charge is 0.376 e. The zero-order valence-corrected chi connectivity index (χ0v) is 17.3. The highest BCUT2D eigenvalue weighted by atomic mass is 32.1. The second kappa shape index (κ2) is 9.69. The van der Waals surface area contributed by atoms with Crippen LogP contribution in [0.3, 0.4) is 0 Å². The van der Waals surface area contributed by atoms with E-state index in [1.807, 2.05) is 24.3 Å². The number of aromatic nitrogens is 1. The van der Waals surface area contributed by atoms with E-state index in [0.717, 1.165) is 34.7 Å². The van der Waals surface area contributed by atoms with Crippen molar-refractivity contribution < 1.29 is 14.3 Å². The smallest absolute Gasteiger partial charge is 0.319 e. The Bertz CT molecular complexity index is 980. The lowest BCUT2D eigenvalue weighted by atomic mass is 10.2. The van der Waals surface area contributed by atoms with Gasteiger partial charge in [-0.25, -0.2) is 9.78 Å². The molecule has 0 saturated carbocycles. The molecular weight excluding hydrogens is 400 g/mol. The third kappa shape index (κ3) is 5.55. The maximum absolute atomic E-state index is 12.2. The monoisotopic (exact) mass is 424 g/mol. The van der Waals surface area contributed by atoms with Crippen molar-refractivity contribution in [2.75, 3.05) is 23.8 Å². The van der Waals surface area contributed by atoms with Crippen LogP contribution in [-0.2, 0) is 16.0 Å². The Balaban J connectivity index is 1.21. The molecule has 1 aliphatic heterocycles. The van der Waals surface area contributed by atoms with Crippen molar-refractivity contribution in [3.63, 3.8) is 0 Å². The van der Waals surface area contributed by atoms with Crippen LogP contribution in [-0.4, -0.2) is 36.2 Å². The van der Waals surface area contributed by atoms with Crippen molar-refractivity contribution in [1.82, 2.24) is 10.3 Å². The van der Waals surface area contributed by atoms with Gasteiger partial charge in [0.25, 0.3) is 0 Å². The number of fused-ring (bicyclic) bond motifs is 1. The summed E-state index contributed by atoms with van der Waals surface area (Å²) in [5.74, 6) is -0.0655. The SMILES string of the molecule is O=C(CCc1nc2ccccc2s1)Nc1ccc(NC(=O)NCC2CCCO2)cc1. The molecule has 2 heterocycles. The average Bonchev–Trinajstić information content (AvgIpc) is 3.41. The van der Waals surface area contributed by atoms with Crippen molar-refractivity contribution in [2.45, 2.75) is 31.8 Å². The van der Waals surface area contributed by atoms with Gasteiger partial charge < -0.3 is 20.7 Å². The summed E-state index contributed by atoms with van der Waals surface area (Å²) >= 11 is 1.62. The first-order valence-corrected chi connectivity index (χ1v) is 10.9. The molecule has 0 radical (unpaired) electrons. The molecule has 0 bridgehead atoms. The number of aryl methyl sites for hydroxylation is 1. The van der Waals surface area contributed by atoms with Crippen LogP contribution in [0.2, 0.25) is 0 Å². The number of hydrogen-bond donors (Lipinski definition) is 3. The predicted octanol–water partition coefficient (Wildman–Crippen LogP) is 4.17. The molecule has 0 spiro atoms. The first kappa shape index (κ1) is 20.3. The number of carbonyl (C=O) groups is 2. The summed E-state index contributed by atoms with van der Waals surface area (Å²) < 4.78 is 6.62. The molecule has 1 saturated heterocycles. The second-order valence-corrected chi connectivity index (χ2v) is 8.29. The number of rotatable bonds is 7. The normalized spacial score (nSPS) is 15.8. The minimum atomic E-state index is -0.266. The average molecular weight is 425 g/mol. The molecule has 4 rings (SSSR count). The number of carbonyl (C=O) groups excluding carboxylic acids is 2. The Morgan fingerprint density at radius 2 is 1.83 bits per heavy atom. The summed E-state index contributed by atoms with van der Waals surface area (Å²) in [5, 5.41) is 9.43. The second-order valence-electron chi connectivity index (χ2n) is 7.17. The van der Waals surface area contributed by atoms with Gasteiger partial charge in [0.1, 0.15) is 0 Å². The lowest BCUT2D eigenvalue weighted by Gasteiger charge is -2.12. The van der Waals surface area contributed by atoms with Crippen LogP contribution in [0, 0.1) is 0 Å². The molecule has 8 heteroatoms. The van der Waals surface area contributed by atoms with Crippen molar-refractivity contribution >= 4 is 44.9 Å². The molecule has 0 aliphatic carbocycles. The highest BCUT2D eigenvalue weighted by Crippen LogP contribution is 2.22. The van der Waals surface area contributed by atoms with Gasteiger partial charge in [-0.1, -0.05) is 12.1 Å². The predicted molar refractivity (Wildman–Crippen MR) is 119 cm³/mol. The number of benzene rings is 2. The third-order valence-electron chi connectivity index (χ3n) is 4.84. The first-order valence-electron chi connectivity index (χ1n) is 10.1. The first-order chi connectivity index (χ1) is 14.7. The molecule has 3 amide bonds. The molecule has 3 aromatic rings. The van der Waals surface area contributed by atoms with Gasteiger partial charge in [0.05, 0.1) is 21.3 Å². The lowest BCUT2D eigenvalue weighted by molar-refractivity contribution is -0.116. The lowest BCUT2D eigenvalue weighted by Crippen LogP contribution is -2.35. The summed E-state index contributed by atoms with van der Waals surface area (Å²) in [5.41, 5.74) is 2.32. The fraction of sp³-hybridized carbons (Fsp3) is 0.318. The maximum atomic E-state index is 12.2. The van der Waals surface area contributed by atoms with Gasteiger partial charge in [0.2, 0.25) is 5.91 Å². The van der Waals surface area contributed by atoms with Crippen LogP contribution in [0.5, 0.6) is 0 Å². The number of thiazole rings is 1. The third-order valence-corrected chi connectivity index (χ3v) is 5.94.